The van der Waals surface area contributed by atoms with E-state index in [4.69, 9.17) is 27.7 Å². The van der Waals surface area contributed by atoms with Gasteiger partial charge in [-0.15, -0.1) is 10.2 Å². The van der Waals surface area contributed by atoms with Gasteiger partial charge in [-0.2, -0.15) is 4.98 Å². The Labute approximate surface area is 181 Å². The Hall–Kier alpha value is -2.49. The van der Waals surface area contributed by atoms with Crippen molar-refractivity contribution in [2.45, 2.75) is 25.4 Å². The van der Waals surface area contributed by atoms with E-state index in [9.17, 15) is 4.39 Å². The number of fused-ring (bicyclic) bond motifs is 1. The van der Waals surface area contributed by atoms with Gasteiger partial charge in [-0.25, -0.2) is 4.39 Å². The van der Waals surface area contributed by atoms with Gasteiger partial charge in [0.15, 0.2) is 5.82 Å². The zero-order valence-electron chi connectivity index (χ0n) is 15.8. The number of halogens is 3. The van der Waals surface area contributed by atoms with Crippen LogP contribution in [0, 0.1) is 5.82 Å². The molecule has 30 heavy (non-hydrogen) atoms. The van der Waals surface area contributed by atoms with Crippen LogP contribution < -0.4 is 15.5 Å². The Morgan fingerprint density at radius 1 is 1.23 bits per heavy atom. The van der Waals surface area contributed by atoms with Gasteiger partial charge in [0.1, 0.15) is 11.5 Å². The summed E-state index contributed by atoms with van der Waals surface area (Å²) in [4.78, 5) is 6.51. The van der Waals surface area contributed by atoms with E-state index in [1.165, 1.54) is 12.1 Å². The molecule has 0 spiro atoms. The van der Waals surface area contributed by atoms with Gasteiger partial charge in [-0.05, 0) is 37.6 Å². The molecule has 3 aromatic rings. The molecule has 0 aliphatic carbocycles. The van der Waals surface area contributed by atoms with Crippen LogP contribution >= 0.6 is 23.2 Å². The first-order chi connectivity index (χ1) is 14.6. The van der Waals surface area contributed by atoms with Crippen LogP contribution in [0.2, 0.25) is 10.0 Å². The number of hydrogen-bond donors (Lipinski definition) is 2. The zero-order valence-corrected chi connectivity index (χ0v) is 17.3. The topological polar surface area (TPSA) is 92.0 Å². The molecule has 8 nitrogen and oxygen atoms in total. The van der Waals surface area contributed by atoms with Crippen LogP contribution in [-0.4, -0.2) is 40.0 Å². The molecule has 1 unspecified atom stereocenters. The predicted molar refractivity (Wildman–Crippen MR) is 111 cm³/mol. The lowest BCUT2D eigenvalue weighted by Crippen LogP contribution is -2.34. The number of rotatable bonds is 4. The first-order valence-corrected chi connectivity index (χ1v) is 10.4. The van der Waals surface area contributed by atoms with Crippen LogP contribution in [0.25, 0.3) is 11.5 Å². The third kappa shape index (κ3) is 3.57. The van der Waals surface area contributed by atoms with Crippen molar-refractivity contribution in [2.75, 3.05) is 29.9 Å². The number of aromatic nitrogens is 4. The van der Waals surface area contributed by atoms with E-state index in [1.54, 1.807) is 0 Å². The number of nitrogens with one attached hydrogen (secondary N) is 2. The fraction of sp³-hybridized carbons (Fsp3) is 0.368. The lowest BCUT2D eigenvalue weighted by Gasteiger charge is -2.31. The average Bonchev–Trinajstić information content (AvgIpc) is 3.45. The van der Waals surface area contributed by atoms with E-state index in [-0.39, 0.29) is 11.1 Å². The van der Waals surface area contributed by atoms with Crippen molar-refractivity contribution in [2.24, 2.45) is 0 Å². The van der Waals surface area contributed by atoms with E-state index in [1.807, 2.05) is 11.0 Å². The summed E-state index contributed by atoms with van der Waals surface area (Å²) < 4.78 is 19.4. The molecule has 11 heteroatoms. The van der Waals surface area contributed by atoms with Gasteiger partial charge in [-0.1, -0.05) is 28.4 Å². The normalized spacial score (nSPS) is 18.4. The highest BCUT2D eigenvalue weighted by molar-refractivity contribution is 6.36. The van der Waals surface area contributed by atoms with Gasteiger partial charge in [0.05, 0.1) is 16.8 Å². The largest absolute Gasteiger partial charge is 0.365 e. The molecule has 4 heterocycles. The van der Waals surface area contributed by atoms with Gasteiger partial charge >= 0.3 is 0 Å². The second-order valence-corrected chi connectivity index (χ2v) is 8.02. The van der Waals surface area contributed by atoms with Crippen LogP contribution in [0.5, 0.6) is 0 Å². The number of benzene rings is 1. The second-order valence-electron chi connectivity index (χ2n) is 7.24. The molecule has 2 N–H and O–H groups in total. The highest BCUT2D eigenvalue weighted by Gasteiger charge is 2.26. The van der Waals surface area contributed by atoms with Crippen molar-refractivity contribution in [3.8, 4) is 11.5 Å². The molecule has 5 rings (SSSR count). The molecule has 2 aliphatic rings. The summed E-state index contributed by atoms with van der Waals surface area (Å²) in [6.45, 7) is 2.58. The zero-order chi connectivity index (χ0) is 20.7. The summed E-state index contributed by atoms with van der Waals surface area (Å²) in [5, 5.41) is 19.6. The van der Waals surface area contributed by atoms with E-state index < -0.39 is 5.82 Å². The molecule has 2 aliphatic heterocycles. The molecule has 0 bridgehead atoms. The maximum atomic E-state index is 13.9. The third-order valence-electron chi connectivity index (χ3n) is 5.31. The first-order valence-electron chi connectivity index (χ1n) is 9.66. The lowest BCUT2D eigenvalue weighted by molar-refractivity contribution is 0.345. The molecule has 1 aromatic carbocycles. The SMILES string of the molecule is Fc1ccc(Cl)c(CN2CCNc3nnc(-c4noc(C5CCCN5)n4)cc32)c1Cl. The number of hydrogen-bond acceptors (Lipinski definition) is 8. The van der Waals surface area contributed by atoms with E-state index in [0.717, 1.165) is 25.1 Å². The number of nitrogens with zero attached hydrogens (tertiary/aromatic N) is 5. The standard InChI is InChI=1S/C19H18Cl2FN7O/c20-11-3-4-12(22)16(21)10(11)9-29-7-6-24-18-15(29)8-14(26-27-18)17-25-19(30-28-17)13-2-1-5-23-13/h3-4,8,13,23H,1-2,5-7,9H2,(H,24,27). The van der Waals surface area contributed by atoms with Gasteiger partial charge < -0.3 is 20.1 Å². The summed E-state index contributed by atoms with van der Waals surface area (Å²) >= 11 is 12.4. The van der Waals surface area contributed by atoms with Gasteiger partial charge in [-0.3, -0.25) is 0 Å². The third-order valence-corrected chi connectivity index (χ3v) is 6.07. The first kappa shape index (κ1) is 19.5. The van der Waals surface area contributed by atoms with Crippen LogP contribution in [0.3, 0.4) is 0 Å². The van der Waals surface area contributed by atoms with Crippen LogP contribution in [0.4, 0.5) is 15.9 Å². The summed E-state index contributed by atoms with van der Waals surface area (Å²) in [7, 11) is 0. The molecule has 2 aromatic heterocycles. The van der Waals surface area contributed by atoms with Crippen LogP contribution in [-0.2, 0) is 6.54 Å². The van der Waals surface area contributed by atoms with E-state index >= 15 is 0 Å². The van der Waals surface area contributed by atoms with Crippen molar-refractivity contribution in [3.63, 3.8) is 0 Å². The Bertz CT molecular complexity index is 1090. The molecule has 1 fully saturated rings. The summed E-state index contributed by atoms with van der Waals surface area (Å²) in [6, 6.07) is 4.69. The summed E-state index contributed by atoms with van der Waals surface area (Å²) in [6.07, 6.45) is 2.04. The molecule has 0 amide bonds. The Morgan fingerprint density at radius 2 is 2.13 bits per heavy atom. The Morgan fingerprint density at radius 3 is 2.97 bits per heavy atom. The minimum absolute atomic E-state index is 0.0247. The van der Waals surface area contributed by atoms with Gasteiger partial charge in [0.25, 0.3) is 0 Å². The lowest BCUT2D eigenvalue weighted by atomic mass is 10.1. The fourth-order valence-electron chi connectivity index (χ4n) is 3.73. The molecule has 0 radical (unpaired) electrons. The van der Waals surface area contributed by atoms with E-state index in [0.29, 0.717) is 53.4 Å². The quantitative estimate of drug-likeness (QED) is 0.580. The smallest absolute Gasteiger partial charge is 0.244 e. The Balaban J connectivity index is 1.46. The van der Waals surface area contributed by atoms with Crippen molar-refractivity contribution < 1.29 is 8.91 Å². The highest BCUT2D eigenvalue weighted by atomic mass is 35.5. The highest BCUT2D eigenvalue weighted by Crippen LogP contribution is 2.34. The summed E-state index contributed by atoms with van der Waals surface area (Å²) in [5.74, 6) is 1.05. The predicted octanol–water partition coefficient (Wildman–Crippen LogP) is 3.83. The number of anilines is 2. The van der Waals surface area contributed by atoms with Crippen molar-refractivity contribution in [3.05, 3.63) is 45.5 Å². The maximum Gasteiger partial charge on any atom is 0.244 e. The second kappa shape index (κ2) is 7.98. The molecular weight excluding hydrogens is 432 g/mol. The minimum Gasteiger partial charge on any atom is -0.365 e. The van der Waals surface area contributed by atoms with Gasteiger partial charge in [0.2, 0.25) is 11.7 Å². The van der Waals surface area contributed by atoms with Crippen molar-refractivity contribution in [1.29, 1.82) is 0 Å². The maximum absolute atomic E-state index is 13.9. The Kier molecular flexibility index (Phi) is 5.18. The average molecular weight is 450 g/mol. The molecule has 0 saturated carbocycles. The molecular formula is C19H18Cl2FN7O. The van der Waals surface area contributed by atoms with Gasteiger partial charge in [0, 0.05) is 30.2 Å². The van der Waals surface area contributed by atoms with Crippen molar-refractivity contribution >= 4 is 34.7 Å². The minimum atomic E-state index is -0.500. The summed E-state index contributed by atoms with van der Waals surface area (Å²) in [5.41, 5.74) is 1.80. The van der Waals surface area contributed by atoms with Crippen molar-refractivity contribution in [1.82, 2.24) is 25.7 Å². The molecule has 1 saturated heterocycles. The van der Waals surface area contributed by atoms with Crippen LogP contribution in [0.15, 0.2) is 22.7 Å². The fourth-order valence-corrected chi connectivity index (χ4v) is 4.22. The molecule has 156 valence electrons. The van der Waals surface area contributed by atoms with E-state index in [2.05, 4.69) is 31.0 Å². The monoisotopic (exact) mass is 449 g/mol. The molecule has 1 atom stereocenters. The van der Waals surface area contributed by atoms with Crippen LogP contribution in [0.1, 0.15) is 30.3 Å².